The molecule has 0 saturated heterocycles. The van der Waals surface area contributed by atoms with Crippen molar-refractivity contribution in [1.29, 1.82) is 0 Å². The number of hydrogen-bond donors (Lipinski definition) is 2. The van der Waals surface area contributed by atoms with Crippen LogP contribution >= 0.6 is 0 Å². The third-order valence-electron chi connectivity index (χ3n) is 3.63. The van der Waals surface area contributed by atoms with Gasteiger partial charge in [-0.05, 0) is 38.1 Å². The second kappa shape index (κ2) is 6.08. The summed E-state index contributed by atoms with van der Waals surface area (Å²) in [5.41, 5.74) is 1.39. The van der Waals surface area contributed by atoms with Gasteiger partial charge in [0.15, 0.2) is 5.69 Å². The average molecular weight is 349 g/mol. The fourth-order valence-corrected chi connectivity index (χ4v) is 2.33. The van der Waals surface area contributed by atoms with Gasteiger partial charge in [-0.25, -0.2) is 4.68 Å². The summed E-state index contributed by atoms with van der Waals surface area (Å²) in [4.78, 5) is 12.3. The Bertz CT molecular complexity index is 906. The van der Waals surface area contributed by atoms with Gasteiger partial charge >= 0.3 is 6.18 Å². The van der Waals surface area contributed by atoms with Gasteiger partial charge in [0.1, 0.15) is 0 Å². The molecule has 2 aromatic heterocycles. The number of aromatic amines is 1. The number of anilines is 1. The maximum absolute atomic E-state index is 12.8. The molecule has 0 atom stereocenters. The van der Waals surface area contributed by atoms with Crippen molar-refractivity contribution in [2.24, 2.45) is 0 Å². The SMILES string of the molecule is Cc1n[nH]c(C)c1NC(=O)c1ccn(-c2cccc(C(F)(F)F)c2)n1. The van der Waals surface area contributed by atoms with Crippen LogP contribution in [0.3, 0.4) is 0 Å². The van der Waals surface area contributed by atoms with Gasteiger partial charge in [0.25, 0.3) is 5.91 Å². The number of carbonyl (C=O) groups is 1. The lowest BCUT2D eigenvalue weighted by molar-refractivity contribution is -0.137. The first kappa shape index (κ1) is 16.7. The maximum atomic E-state index is 12.8. The van der Waals surface area contributed by atoms with Crippen LogP contribution in [0, 0.1) is 13.8 Å². The minimum absolute atomic E-state index is 0.0809. The molecule has 1 aromatic carbocycles. The molecule has 25 heavy (non-hydrogen) atoms. The molecule has 6 nitrogen and oxygen atoms in total. The molecule has 0 saturated carbocycles. The molecule has 0 spiro atoms. The van der Waals surface area contributed by atoms with Gasteiger partial charge in [-0.3, -0.25) is 9.89 Å². The number of hydrogen-bond acceptors (Lipinski definition) is 3. The van der Waals surface area contributed by atoms with E-state index >= 15 is 0 Å². The molecule has 0 aliphatic rings. The third-order valence-corrected chi connectivity index (χ3v) is 3.63. The number of nitrogens with one attached hydrogen (secondary N) is 2. The summed E-state index contributed by atoms with van der Waals surface area (Å²) in [6, 6.07) is 6.15. The van der Waals surface area contributed by atoms with Crippen LogP contribution in [0.25, 0.3) is 5.69 Å². The van der Waals surface area contributed by atoms with Crippen LogP contribution < -0.4 is 5.32 Å². The summed E-state index contributed by atoms with van der Waals surface area (Å²) < 4.78 is 39.6. The monoisotopic (exact) mass is 349 g/mol. The van der Waals surface area contributed by atoms with Crippen LogP contribution in [0.1, 0.15) is 27.4 Å². The fourth-order valence-electron chi connectivity index (χ4n) is 2.33. The van der Waals surface area contributed by atoms with Gasteiger partial charge in [0.2, 0.25) is 0 Å². The standard InChI is InChI=1S/C16H14F3N5O/c1-9-14(10(2)22-21-9)20-15(25)13-6-7-24(23-13)12-5-3-4-11(8-12)16(17,18)19/h3-8H,1-2H3,(H,20,25)(H,21,22). The normalized spacial score (nSPS) is 11.6. The van der Waals surface area contributed by atoms with E-state index in [9.17, 15) is 18.0 Å². The Hall–Kier alpha value is -3.10. The van der Waals surface area contributed by atoms with Gasteiger partial charge in [0.05, 0.1) is 28.3 Å². The molecular weight excluding hydrogens is 335 g/mol. The summed E-state index contributed by atoms with van der Waals surface area (Å²) >= 11 is 0. The van der Waals surface area contributed by atoms with E-state index in [4.69, 9.17) is 0 Å². The zero-order chi connectivity index (χ0) is 18.2. The Balaban J connectivity index is 1.84. The van der Waals surface area contributed by atoms with Crippen LogP contribution in [0.2, 0.25) is 0 Å². The smallest absolute Gasteiger partial charge is 0.317 e. The molecule has 3 aromatic rings. The first-order chi connectivity index (χ1) is 11.8. The number of nitrogens with zero attached hydrogens (tertiary/aromatic N) is 3. The Morgan fingerprint density at radius 2 is 2.00 bits per heavy atom. The van der Waals surface area contributed by atoms with Gasteiger partial charge < -0.3 is 5.32 Å². The summed E-state index contributed by atoms with van der Waals surface area (Å²) in [5.74, 6) is -0.474. The van der Waals surface area contributed by atoms with Crippen molar-refractivity contribution < 1.29 is 18.0 Å². The molecule has 2 heterocycles. The topological polar surface area (TPSA) is 75.6 Å². The third kappa shape index (κ3) is 3.39. The highest BCUT2D eigenvalue weighted by atomic mass is 19.4. The van der Waals surface area contributed by atoms with Crippen LogP contribution in [0.5, 0.6) is 0 Å². The number of rotatable bonds is 3. The van der Waals surface area contributed by atoms with Crippen molar-refractivity contribution in [2.75, 3.05) is 5.32 Å². The predicted octanol–water partition coefficient (Wildman–Crippen LogP) is 3.48. The van der Waals surface area contributed by atoms with Crippen molar-refractivity contribution in [3.05, 3.63) is 59.2 Å². The predicted molar refractivity (Wildman–Crippen MR) is 84.6 cm³/mol. The van der Waals surface area contributed by atoms with Gasteiger partial charge in [0, 0.05) is 6.20 Å². The number of benzene rings is 1. The molecule has 9 heteroatoms. The number of aromatic nitrogens is 4. The van der Waals surface area contributed by atoms with Crippen molar-refractivity contribution in [3.63, 3.8) is 0 Å². The van der Waals surface area contributed by atoms with Gasteiger partial charge in [-0.1, -0.05) is 6.07 Å². The Morgan fingerprint density at radius 3 is 2.64 bits per heavy atom. The van der Waals surface area contributed by atoms with Crippen molar-refractivity contribution in [1.82, 2.24) is 20.0 Å². The lowest BCUT2D eigenvalue weighted by Crippen LogP contribution is -2.14. The van der Waals surface area contributed by atoms with Crippen LogP contribution in [0.4, 0.5) is 18.9 Å². The molecule has 0 bridgehead atoms. The number of halogens is 3. The molecule has 0 radical (unpaired) electrons. The zero-order valence-corrected chi connectivity index (χ0v) is 13.3. The number of alkyl halides is 3. The lowest BCUT2D eigenvalue weighted by Gasteiger charge is -2.08. The van der Waals surface area contributed by atoms with Crippen LogP contribution in [-0.2, 0) is 6.18 Å². The largest absolute Gasteiger partial charge is 0.416 e. The molecular formula is C16H14F3N5O. The Labute approximate surface area is 140 Å². The minimum atomic E-state index is -4.44. The average Bonchev–Trinajstić information content (AvgIpc) is 3.17. The molecule has 2 N–H and O–H groups in total. The lowest BCUT2D eigenvalue weighted by atomic mass is 10.2. The summed E-state index contributed by atoms with van der Waals surface area (Å²) in [6.07, 6.45) is -3.01. The van der Waals surface area contributed by atoms with E-state index in [1.807, 2.05) is 0 Å². The second-order valence-electron chi connectivity index (χ2n) is 5.46. The molecule has 130 valence electrons. The van der Waals surface area contributed by atoms with Gasteiger partial charge in [-0.15, -0.1) is 0 Å². The Morgan fingerprint density at radius 1 is 1.24 bits per heavy atom. The zero-order valence-electron chi connectivity index (χ0n) is 13.3. The summed E-state index contributed by atoms with van der Waals surface area (Å²) in [5, 5.41) is 13.5. The quantitative estimate of drug-likeness (QED) is 0.760. The van der Waals surface area contributed by atoms with E-state index < -0.39 is 17.6 Å². The minimum Gasteiger partial charge on any atom is -0.317 e. The van der Waals surface area contributed by atoms with E-state index in [0.717, 1.165) is 12.1 Å². The van der Waals surface area contributed by atoms with E-state index in [1.54, 1.807) is 13.8 Å². The summed E-state index contributed by atoms with van der Waals surface area (Å²) in [6.45, 7) is 3.50. The van der Waals surface area contributed by atoms with E-state index in [2.05, 4.69) is 20.6 Å². The molecule has 0 aliphatic carbocycles. The highest BCUT2D eigenvalue weighted by Gasteiger charge is 2.30. The van der Waals surface area contributed by atoms with Crippen molar-refractivity contribution in [3.8, 4) is 5.69 Å². The van der Waals surface area contributed by atoms with Crippen molar-refractivity contribution >= 4 is 11.6 Å². The molecule has 1 amide bonds. The molecule has 0 fully saturated rings. The fraction of sp³-hybridized carbons (Fsp3) is 0.188. The van der Waals surface area contributed by atoms with Crippen LogP contribution in [0.15, 0.2) is 36.5 Å². The maximum Gasteiger partial charge on any atom is 0.416 e. The molecule has 3 rings (SSSR count). The van der Waals surface area contributed by atoms with Crippen molar-refractivity contribution in [2.45, 2.75) is 20.0 Å². The first-order valence-electron chi connectivity index (χ1n) is 7.32. The number of amides is 1. The first-order valence-corrected chi connectivity index (χ1v) is 7.32. The number of carbonyl (C=O) groups excluding carboxylic acids is 1. The highest BCUT2D eigenvalue weighted by molar-refractivity contribution is 6.03. The van der Waals surface area contributed by atoms with E-state index in [0.29, 0.717) is 17.1 Å². The second-order valence-corrected chi connectivity index (χ2v) is 5.46. The summed E-state index contributed by atoms with van der Waals surface area (Å²) in [7, 11) is 0. The van der Waals surface area contributed by atoms with Gasteiger partial charge in [-0.2, -0.15) is 23.4 Å². The van der Waals surface area contributed by atoms with E-state index in [1.165, 1.54) is 29.1 Å². The number of aryl methyl sites for hydroxylation is 2. The van der Waals surface area contributed by atoms with Crippen LogP contribution in [-0.4, -0.2) is 25.9 Å². The molecule has 0 aliphatic heterocycles. The molecule has 0 unspecified atom stereocenters. The number of H-pyrrole nitrogens is 1. The Kier molecular flexibility index (Phi) is 4.07. The van der Waals surface area contributed by atoms with E-state index in [-0.39, 0.29) is 11.4 Å². The highest BCUT2D eigenvalue weighted by Crippen LogP contribution is 2.30.